The van der Waals surface area contributed by atoms with Crippen LogP contribution in [0.3, 0.4) is 0 Å². The highest BCUT2D eigenvalue weighted by Gasteiger charge is 2.31. The number of fused-ring (bicyclic) bond motifs is 1. The Bertz CT molecular complexity index is 719. The molecule has 0 bridgehead atoms. The van der Waals surface area contributed by atoms with E-state index in [0.29, 0.717) is 24.7 Å². The second kappa shape index (κ2) is 6.23. The molecule has 2 aromatic rings. The summed E-state index contributed by atoms with van der Waals surface area (Å²) < 4.78 is 14.0. The molecule has 0 aliphatic carbocycles. The van der Waals surface area contributed by atoms with Crippen molar-refractivity contribution in [3.05, 3.63) is 17.3 Å². The molecule has 3 rings (SSSR count). The van der Waals surface area contributed by atoms with E-state index in [2.05, 4.69) is 25.6 Å². The van der Waals surface area contributed by atoms with Gasteiger partial charge in [0.1, 0.15) is 12.0 Å². The number of aryl methyl sites for hydroxylation is 2. The van der Waals surface area contributed by atoms with E-state index < -0.39 is 6.17 Å². The van der Waals surface area contributed by atoms with Gasteiger partial charge < -0.3 is 15.5 Å². The number of likely N-dealkylation sites (tertiary alicyclic amines) is 1. The normalized spacial score (nSPS) is 21.8. The SMILES string of the molecule is CCNc1nc(NC2CN(C)CC2F)nc2nc(C)cc(C)c12. The summed E-state index contributed by atoms with van der Waals surface area (Å²) in [7, 11) is 1.91. The summed E-state index contributed by atoms with van der Waals surface area (Å²) in [6.07, 6.45) is -0.922. The fourth-order valence-corrected chi connectivity index (χ4v) is 3.09. The minimum atomic E-state index is -0.922. The molecule has 7 heteroatoms. The fourth-order valence-electron chi connectivity index (χ4n) is 3.09. The first-order valence-electron chi connectivity index (χ1n) is 7.97. The molecule has 124 valence electrons. The van der Waals surface area contributed by atoms with Crippen LogP contribution in [0.5, 0.6) is 0 Å². The predicted molar refractivity (Wildman–Crippen MR) is 90.8 cm³/mol. The van der Waals surface area contributed by atoms with Crippen LogP contribution in [0, 0.1) is 13.8 Å². The molecule has 1 fully saturated rings. The lowest BCUT2D eigenvalue weighted by atomic mass is 10.1. The minimum absolute atomic E-state index is 0.294. The van der Waals surface area contributed by atoms with Gasteiger partial charge in [-0.25, -0.2) is 9.37 Å². The second-order valence-electron chi connectivity index (χ2n) is 6.19. The van der Waals surface area contributed by atoms with Gasteiger partial charge in [0.15, 0.2) is 5.65 Å². The third-order valence-corrected chi connectivity index (χ3v) is 4.08. The van der Waals surface area contributed by atoms with Crippen molar-refractivity contribution in [1.29, 1.82) is 0 Å². The molecule has 0 amide bonds. The van der Waals surface area contributed by atoms with Crippen molar-refractivity contribution in [2.24, 2.45) is 0 Å². The zero-order valence-corrected chi connectivity index (χ0v) is 14.0. The number of aromatic nitrogens is 3. The van der Waals surface area contributed by atoms with Gasteiger partial charge in [0.25, 0.3) is 0 Å². The summed E-state index contributed by atoms with van der Waals surface area (Å²) in [5.74, 6) is 1.17. The zero-order valence-electron chi connectivity index (χ0n) is 14.0. The lowest BCUT2D eigenvalue weighted by Gasteiger charge is -2.17. The van der Waals surface area contributed by atoms with Crippen LogP contribution in [-0.2, 0) is 0 Å². The van der Waals surface area contributed by atoms with Crippen LogP contribution in [0.15, 0.2) is 6.07 Å². The number of hydrogen-bond acceptors (Lipinski definition) is 6. The summed E-state index contributed by atoms with van der Waals surface area (Å²) in [5, 5.41) is 7.31. The van der Waals surface area contributed by atoms with E-state index in [1.54, 1.807) is 0 Å². The predicted octanol–water partition coefficient (Wildman–Crippen LogP) is 2.14. The Morgan fingerprint density at radius 3 is 2.70 bits per heavy atom. The standard InChI is InChI=1S/C16H23FN6/c1-5-18-14-13-9(2)6-10(3)19-15(13)22-16(21-14)20-12-8-23(4)7-11(12)17/h6,11-12H,5,7-8H2,1-4H3,(H2,18,19,20,21,22). The summed E-state index contributed by atoms with van der Waals surface area (Å²) >= 11 is 0. The number of alkyl halides is 1. The smallest absolute Gasteiger partial charge is 0.227 e. The molecule has 0 aromatic carbocycles. The quantitative estimate of drug-likeness (QED) is 0.900. The molecule has 6 nitrogen and oxygen atoms in total. The molecule has 0 spiro atoms. The molecule has 0 radical (unpaired) electrons. The lowest BCUT2D eigenvalue weighted by Crippen LogP contribution is -2.30. The molecule has 2 aromatic heterocycles. The first-order chi connectivity index (χ1) is 11.0. The van der Waals surface area contributed by atoms with E-state index in [1.165, 1.54) is 0 Å². The Morgan fingerprint density at radius 2 is 2.04 bits per heavy atom. The summed E-state index contributed by atoms with van der Waals surface area (Å²) in [4.78, 5) is 15.5. The van der Waals surface area contributed by atoms with E-state index in [-0.39, 0.29) is 6.04 Å². The van der Waals surface area contributed by atoms with Crippen molar-refractivity contribution in [2.75, 3.05) is 37.3 Å². The molecular weight excluding hydrogens is 295 g/mol. The first kappa shape index (κ1) is 15.9. The van der Waals surface area contributed by atoms with Crippen molar-refractivity contribution in [2.45, 2.75) is 33.0 Å². The van der Waals surface area contributed by atoms with Gasteiger partial charge in [0.2, 0.25) is 5.95 Å². The van der Waals surface area contributed by atoms with Crippen LogP contribution < -0.4 is 10.6 Å². The maximum Gasteiger partial charge on any atom is 0.227 e. The second-order valence-corrected chi connectivity index (χ2v) is 6.19. The number of halogens is 1. The fraction of sp³-hybridized carbons (Fsp3) is 0.562. The van der Waals surface area contributed by atoms with Crippen molar-refractivity contribution in [3.8, 4) is 0 Å². The summed E-state index contributed by atoms with van der Waals surface area (Å²) in [6, 6.07) is 1.72. The molecule has 3 heterocycles. The van der Waals surface area contributed by atoms with Gasteiger partial charge in [-0.3, -0.25) is 0 Å². The number of anilines is 2. The zero-order chi connectivity index (χ0) is 16.6. The average Bonchev–Trinajstić information content (AvgIpc) is 2.76. The van der Waals surface area contributed by atoms with Gasteiger partial charge in [0.05, 0.1) is 11.4 Å². The monoisotopic (exact) mass is 318 g/mol. The Hall–Kier alpha value is -2.02. The van der Waals surface area contributed by atoms with E-state index in [9.17, 15) is 4.39 Å². The number of nitrogens with zero attached hydrogens (tertiary/aromatic N) is 4. The molecule has 2 atom stereocenters. The number of hydrogen-bond donors (Lipinski definition) is 2. The largest absolute Gasteiger partial charge is 0.370 e. The van der Waals surface area contributed by atoms with Crippen LogP contribution in [0.25, 0.3) is 11.0 Å². The van der Waals surface area contributed by atoms with E-state index >= 15 is 0 Å². The molecule has 2 N–H and O–H groups in total. The van der Waals surface area contributed by atoms with E-state index in [4.69, 9.17) is 0 Å². The third kappa shape index (κ3) is 3.19. The highest BCUT2D eigenvalue weighted by atomic mass is 19.1. The summed E-state index contributed by atoms with van der Waals surface area (Å²) in [6.45, 7) is 7.80. The Kier molecular flexibility index (Phi) is 4.30. The van der Waals surface area contributed by atoms with Gasteiger partial charge in [-0.15, -0.1) is 0 Å². The maximum atomic E-state index is 14.0. The minimum Gasteiger partial charge on any atom is -0.370 e. The molecule has 23 heavy (non-hydrogen) atoms. The lowest BCUT2D eigenvalue weighted by molar-refractivity contribution is 0.314. The highest BCUT2D eigenvalue weighted by Crippen LogP contribution is 2.26. The molecule has 2 unspecified atom stereocenters. The van der Waals surface area contributed by atoms with Gasteiger partial charge in [0, 0.05) is 25.3 Å². The Labute approximate surface area is 135 Å². The number of rotatable bonds is 4. The van der Waals surface area contributed by atoms with E-state index in [0.717, 1.165) is 29.0 Å². The van der Waals surface area contributed by atoms with Crippen LogP contribution in [0.1, 0.15) is 18.2 Å². The highest BCUT2D eigenvalue weighted by molar-refractivity contribution is 5.90. The number of likely N-dealkylation sites (N-methyl/N-ethyl adjacent to an activating group) is 1. The van der Waals surface area contributed by atoms with Crippen LogP contribution in [-0.4, -0.2) is 58.7 Å². The maximum absolute atomic E-state index is 14.0. The molecule has 0 saturated carbocycles. The number of nitrogens with one attached hydrogen (secondary N) is 2. The molecular formula is C16H23FN6. The molecule has 1 aliphatic heterocycles. The molecule has 1 aliphatic rings. The van der Waals surface area contributed by atoms with Crippen LogP contribution >= 0.6 is 0 Å². The Balaban J connectivity index is 2.01. The third-order valence-electron chi connectivity index (χ3n) is 4.08. The first-order valence-corrected chi connectivity index (χ1v) is 7.97. The van der Waals surface area contributed by atoms with Gasteiger partial charge >= 0.3 is 0 Å². The summed E-state index contributed by atoms with van der Waals surface area (Å²) in [5.41, 5.74) is 2.63. The van der Waals surface area contributed by atoms with Gasteiger partial charge in [-0.05, 0) is 39.4 Å². The van der Waals surface area contributed by atoms with E-state index in [1.807, 2.05) is 38.8 Å². The van der Waals surface area contributed by atoms with Crippen molar-refractivity contribution in [1.82, 2.24) is 19.9 Å². The van der Waals surface area contributed by atoms with Crippen molar-refractivity contribution < 1.29 is 4.39 Å². The average molecular weight is 318 g/mol. The number of pyridine rings is 1. The van der Waals surface area contributed by atoms with Crippen LogP contribution in [0.4, 0.5) is 16.2 Å². The van der Waals surface area contributed by atoms with Crippen molar-refractivity contribution >= 4 is 22.8 Å². The molecule has 1 saturated heterocycles. The van der Waals surface area contributed by atoms with Gasteiger partial charge in [-0.2, -0.15) is 9.97 Å². The van der Waals surface area contributed by atoms with Crippen LogP contribution in [0.2, 0.25) is 0 Å². The van der Waals surface area contributed by atoms with Gasteiger partial charge in [-0.1, -0.05) is 0 Å². The van der Waals surface area contributed by atoms with Crippen molar-refractivity contribution in [3.63, 3.8) is 0 Å². The Morgan fingerprint density at radius 1 is 1.26 bits per heavy atom. The topological polar surface area (TPSA) is 66.0 Å².